The normalized spacial score (nSPS) is 15.4. The molecule has 0 aromatic heterocycles. The largest absolute Gasteiger partial charge is 0.464 e. The van der Waals surface area contributed by atoms with Gasteiger partial charge in [0.25, 0.3) is 11.8 Å². The third kappa shape index (κ3) is 6.85. The van der Waals surface area contributed by atoms with Gasteiger partial charge in [-0.3, -0.25) is 14.5 Å². The molecule has 0 N–H and O–H groups in total. The van der Waals surface area contributed by atoms with Crippen molar-refractivity contribution in [3.8, 4) is 0 Å². The maximum atomic E-state index is 12.3. The summed E-state index contributed by atoms with van der Waals surface area (Å²) in [5, 5.41) is 0. The lowest BCUT2D eigenvalue weighted by molar-refractivity contribution is -0.158. The van der Waals surface area contributed by atoms with Crippen molar-refractivity contribution < 1.29 is 19.1 Å². The van der Waals surface area contributed by atoms with E-state index in [1.807, 2.05) is 13.8 Å². The summed E-state index contributed by atoms with van der Waals surface area (Å²) in [6.07, 6.45) is 10.8. The molecule has 0 bridgehead atoms. The second kappa shape index (κ2) is 11.0. The average molecular weight is 337 g/mol. The van der Waals surface area contributed by atoms with Crippen LogP contribution in [-0.2, 0) is 19.1 Å². The Labute approximate surface area is 145 Å². The Balaban J connectivity index is 2.50. The molecular weight excluding hydrogens is 306 g/mol. The zero-order valence-electron chi connectivity index (χ0n) is 15.3. The molecule has 0 aromatic carbocycles. The van der Waals surface area contributed by atoms with Crippen molar-refractivity contribution in [3.63, 3.8) is 0 Å². The first-order chi connectivity index (χ1) is 11.5. The average Bonchev–Trinajstić information content (AvgIpc) is 2.87. The lowest BCUT2D eigenvalue weighted by Gasteiger charge is -2.25. The van der Waals surface area contributed by atoms with E-state index in [0.29, 0.717) is 13.0 Å². The van der Waals surface area contributed by atoms with Gasteiger partial charge in [-0.25, -0.2) is 4.79 Å². The van der Waals surface area contributed by atoms with Crippen LogP contribution < -0.4 is 0 Å². The van der Waals surface area contributed by atoms with Crippen LogP contribution in [0.1, 0.15) is 72.1 Å². The second-order valence-electron chi connectivity index (χ2n) is 6.83. The van der Waals surface area contributed by atoms with E-state index in [9.17, 15) is 14.4 Å². The van der Waals surface area contributed by atoms with Crippen molar-refractivity contribution in [2.75, 3.05) is 6.61 Å². The van der Waals surface area contributed by atoms with Crippen LogP contribution in [-0.4, -0.2) is 35.3 Å². The van der Waals surface area contributed by atoms with Gasteiger partial charge in [0, 0.05) is 12.2 Å². The number of imide groups is 1. The Hall–Kier alpha value is -1.65. The Morgan fingerprint density at radius 3 is 2.08 bits per heavy atom. The molecular formula is C19H31NO4. The Bertz CT molecular complexity index is 438. The van der Waals surface area contributed by atoms with Crippen LogP contribution in [0.15, 0.2) is 12.2 Å². The number of nitrogens with zero attached hydrogens (tertiary/aromatic N) is 1. The molecule has 0 saturated carbocycles. The Kier molecular flexibility index (Phi) is 9.35. The minimum absolute atomic E-state index is 0.219. The van der Waals surface area contributed by atoms with Gasteiger partial charge in [-0.05, 0) is 12.3 Å². The van der Waals surface area contributed by atoms with Crippen molar-refractivity contribution in [1.29, 1.82) is 0 Å². The van der Waals surface area contributed by atoms with Gasteiger partial charge in [0.05, 0.1) is 6.61 Å². The van der Waals surface area contributed by atoms with Crippen LogP contribution in [0.2, 0.25) is 0 Å². The van der Waals surface area contributed by atoms with E-state index in [-0.39, 0.29) is 5.92 Å². The molecule has 0 aromatic rings. The molecule has 5 heteroatoms. The molecule has 136 valence electrons. The molecule has 1 rings (SSSR count). The van der Waals surface area contributed by atoms with Crippen LogP contribution in [0.25, 0.3) is 0 Å². The predicted molar refractivity (Wildman–Crippen MR) is 93.2 cm³/mol. The van der Waals surface area contributed by atoms with Gasteiger partial charge in [-0.1, -0.05) is 65.7 Å². The fourth-order valence-corrected chi connectivity index (χ4v) is 2.71. The van der Waals surface area contributed by atoms with Gasteiger partial charge in [0.2, 0.25) is 0 Å². The third-order valence-corrected chi connectivity index (χ3v) is 4.07. The molecule has 24 heavy (non-hydrogen) atoms. The fraction of sp³-hybridized carbons (Fsp3) is 0.737. The molecule has 5 nitrogen and oxygen atoms in total. The van der Waals surface area contributed by atoms with E-state index < -0.39 is 23.8 Å². The quantitative estimate of drug-likeness (QED) is 0.310. The zero-order valence-corrected chi connectivity index (χ0v) is 15.3. The molecule has 2 amide bonds. The number of hydrogen-bond acceptors (Lipinski definition) is 4. The zero-order chi connectivity index (χ0) is 17.9. The van der Waals surface area contributed by atoms with Crippen LogP contribution in [0.4, 0.5) is 0 Å². The highest BCUT2D eigenvalue weighted by molar-refractivity contribution is 6.14. The van der Waals surface area contributed by atoms with E-state index in [1.54, 1.807) is 0 Å². The Morgan fingerprint density at radius 2 is 1.54 bits per heavy atom. The number of hydrogen-bond donors (Lipinski definition) is 0. The number of carbonyl (C=O) groups is 3. The van der Waals surface area contributed by atoms with Crippen molar-refractivity contribution in [2.45, 2.75) is 78.2 Å². The molecule has 1 atom stereocenters. The first kappa shape index (κ1) is 20.4. The molecule has 0 radical (unpaired) electrons. The molecule has 1 heterocycles. The minimum atomic E-state index is -0.797. The first-order valence-corrected chi connectivity index (χ1v) is 9.19. The summed E-state index contributed by atoms with van der Waals surface area (Å²) in [6, 6.07) is -0.797. The summed E-state index contributed by atoms with van der Waals surface area (Å²) in [5.74, 6) is -1.10. The van der Waals surface area contributed by atoms with Gasteiger partial charge in [0.15, 0.2) is 0 Å². The monoisotopic (exact) mass is 337 g/mol. The van der Waals surface area contributed by atoms with Crippen molar-refractivity contribution in [2.24, 2.45) is 5.92 Å². The number of esters is 1. The molecule has 1 aliphatic heterocycles. The van der Waals surface area contributed by atoms with Crippen LogP contribution in [0, 0.1) is 5.92 Å². The number of unbranched alkanes of at least 4 members (excludes halogenated alkanes) is 6. The van der Waals surface area contributed by atoms with Crippen molar-refractivity contribution in [1.82, 2.24) is 4.90 Å². The summed E-state index contributed by atoms with van der Waals surface area (Å²) < 4.78 is 5.27. The number of ether oxygens (including phenoxy) is 1. The molecule has 0 saturated heterocycles. The van der Waals surface area contributed by atoms with Crippen LogP contribution in [0.5, 0.6) is 0 Å². The van der Waals surface area contributed by atoms with E-state index in [4.69, 9.17) is 4.74 Å². The lowest BCUT2D eigenvalue weighted by Crippen LogP contribution is -2.46. The van der Waals surface area contributed by atoms with Gasteiger partial charge in [-0.15, -0.1) is 0 Å². The molecule has 0 fully saturated rings. The minimum Gasteiger partial charge on any atom is -0.464 e. The summed E-state index contributed by atoms with van der Waals surface area (Å²) in [4.78, 5) is 37.1. The molecule has 1 unspecified atom stereocenters. The predicted octanol–water partition coefficient (Wildman–Crippen LogP) is 3.62. The first-order valence-electron chi connectivity index (χ1n) is 9.19. The highest BCUT2D eigenvalue weighted by Gasteiger charge is 2.36. The molecule has 0 aliphatic carbocycles. The fourth-order valence-electron chi connectivity index (χ4n) is 2.71. The third-order valence-electron chi connectivity index (χ3n) is 4.07. The van der Waals surface area contributed by atoms with Gasteiger partial charge >= 0.3 is 5.97 Å². The van der Waals surface area contributed by atoms with Gasteiger partial charge < -0.3 is 4.74 Å². The number of rotatable bonds is 12. The van der Waals surface area contributed by atoms with Crippen molar-refractivity contribution >= 4 is 17.8 Å². The standard InChI is InChI=1S/C19H31NO4/c1-4-5-6-7-8-9-10-11-16(19(23)24-14-15(2)3)20-17(21)12-13-18(20)22/h12-13,15-16H,4-11,14H2,1-3H3. The van der Waals surface area contributed by atoms with Crippen LogP contribution >= 0.6 is 0 Å². The summed E-state index contributed by atoms with van der Waals surface area (Å²) in [6.45, 7) is 6.39. The summed E-state index contributed by atoms with van der Waals surface area (Å²) in [5.41, 5.74) is 0. The summed E-state index contributed by atoms with van der Waals surface area (Å²) >= 11 is 0. The maximum Gasteiger partial charge on any atom is 0.329 e. The van der Waals surface area contributed by atoms with E-state index in [0.717, 1.165) is 24.2 Å². The van der Waals surface area contributed by atoms with Gasteiger partial charge in [-0.2, -0.15) is 0 Å². The second-order valence-corrected chi connectivity index (χ2v) is 6.83. The van der Waals surface area contributed by atoms with E-state index >= 15 is 0 Å². The van der Waals surface area contributed by atoms with E-state index in [1.165, 1.54) is 37.8 Å². The molecule has 0 spiro atoms. The number of carbonyl (C=O) groups excluding carboxylic acids is 3. The van der Waals surface area contributed by atoms with Gasteiger partial charge in [0.1, 0.15) is 6.04 Å². The summed E-state index contributed by atoms with van der Waals surface area (Å²) in [7, 11) is 0. The Morgan fingerprint density at radius 1 is 1.00 bits per heavy atom. The molecule has 1 aliphatic rings. The van der Waals surface area contributed by atoms with Crippen molar-refractivity contribution in [3.05, 3.63) is 12.2 Å². The number of amides is 2. The highest BCUT2D eigenvalue weighted by Crippen LogP contribution is 2.18. The SMILES string of the molecule is CCCCCCCCCC(C(=O)OCC(C)C)N1C(=O)C=CC1=O. The maximum absolute atomic E-state index is 12.3. The highest BCUT2D eigenvalue weighted by atomic mass is 16.5. The topological polar surface area (TPSA) is 63.7 Å². The van der Waals surface area contributed by atoms with Crippen LogP contribution in [0.3, 0.4) is 0 Å². The lowest BCUT2D eigenvalue weighted by atomic mass is 10.0. The van der Waals surface area contributed by atoms with E-state index in [2.05, 4.69) is 6.92 Å². The smallest absolute Gasteiger partial charge is 0.329 e.